The molecule has 0 saturated heterocycles. The molecule has 0 radical (unpaired) electrons. The van der Waals surface area contributed by atoms with E-state index in [2.05, 4.69) is 10.6 Å². The summed E-state index contributed by atoms with van der Waals surface area (Å²) in [4.78, 5) is 23.3. The van der Waals surface area contributed by atoms with Gasteiger partial charge in [-0.3, -0.25) is 9.59 Å². The first-order valence-corrected chi connectivity index (χ1v) is 9.37. The van der Waals surface area contributed by atoms with Crippen LogP contribution in [0.3, 0.4) is 0 Å². The number of carbonyl (C=O) groups is 2. The van der Waals surface area contributed by atoms with Crippen LogP contribution in [0.1, 0.15) is 19.4 Å². The lowest BCUT2D eigenvalue weighted by Crippen LogP contribution is -2.39. The smallest absolute Gasteiger partial charge is 0.246 e. The predicted octanol–water partition coefficient (Wildman–Crippen LogP) is 0.600. The largest absolute Gasteiger partial charge is 0.495 e. The molecule has 9 heteroatoms. The zero-order chi connectivity index (χ0) is 19.9. The summed E-state index contributed by atoms with van der Waals surface area (Å²) in [5, 5.41) is 5.11. The Balaban J connectivity index is 2.89. The number of methoxy groups -OCH3 is 1. The van der Waals surface area contributed by atoms with Gasteiger partial charge < -0.3 is 15.4 Å². The lowest BCUT2D eigenvalue weighted by atomic mass is 10.2. The number of nitrogens with one attached hydrogen (secondary N) is 2. The molecule has 0 unspecified atom stereocenters. The molecule has 26 heavy (non-hydrogen) atoms. The molecular weight excluding hydrogens is 358 g/mol. The molecule has 1 rings (SSSR count). The second-order valence-corrected chi connectivity index (χ2v) is 8.09. The molecule has 0 fully saturated rings. The summed E-state index contributed by atoms with van der Waals surface area (Å²) >= 11 is 0. The van der Waals surface area contributed by atoms with E-state index in [1.807, 2.05) is 13.8 Å². The Labute approximate surface area is 154 Å². The van der Waals surface area contributed by atoms with E-state index in [-0.39, 0.29) is 29.1 Å². The molecule has 8 nitrogen and oxygen atoms in total. The summed E-state index contributed by atoms with van der Waals surface area (Å²) in [6, 6.07) is 4.56. The quantitative estimate of drug-likeness (QED) is 0.640. The van der Waals surface area contributed by atoms with Crippen LogP contribution in [0.2, 0.25) is 0 Å². The molecule has 0 atom stereocenters. The van der Waals surface area contributed by atoms with E-state index in [0.717, 1.165) is 4.31 Å². The number of rotatable bonds is 8. The van der Waals surface area contributed by atoms with Crippen molar-refractivity contribution in [1.29, 1.82) is 0 Å². The maximum atomic E-state index is 12.4. The number of carbonyl (C=O) groups excluding carboxylic acids is 2. The van der Waals surface area contributed by atoms with Gasteiger partial charge in [0.25, 0.3) is 0 Å². The summed E-state index contributed by atoms with van der Waals surface area (Å²) < 4.78 is 30.9. The van der Waals surface area contributed by atoms with E-state index in [1.54, 1.807) is 6.07 Å². The number of ether oxygens (including phenoxy) is 1. The maximum absolute atomic E-state index is 12.4. The van der Waals surface area contributed by atoms with Crippen molar-refractivity contribution in [1.82, 2.24) is 14.9 Å². The van der Waals surface area contributed by atoms with Gasteiger partial charge in [-0.1, -0.05) is 6.07 Å². The topological polar surface area (TPSA) is 105 Å². The Bertz CT molecular complexity index is 786. The van der Waals surface area contributed by atoms with Crippen molar-refractivity contribution < 1.29 is 22.7 Å². The molecular formula is C17H25N3O5S. The highest BCUT2D eigenvalue weighted by molar-refractivity contribution is 7.89. The SMILES string of the molecule is COc1ccc(/C=C/C(=O)NCC(=O)NC(C)C)cc1S(=O)(=O)N(C)C. The van der Waals surface area contributed by atoms with E-state index < -0.39 is 15.9 Å². The highest BCUT2D eigenvalue weighted by Crippen LogP contribution is 2.27. The van der Waals surface area contributed by atoms with Gasteiger partial charge in [0.1, 0.15) is 10.6 Å². The number of benzene rings is 1. The monoisotopic (exact) mass is 383 g/mol. The number of hydrogen-bond donors (Lipinski definition) is 2. The molecule has 0 heterocycles. The molecule has 0 aliphatic carbocycles. The predicted molar refractivity (Wildman–Crippen MR) is 99.2 cm³/mol. The van der Waals surface area contributed by atoms with Crippen LogP contribution in [0.15, 0.2) is 29.2 Å². The highest BCUT2D eigenvalue weighted by Gasteiger charge is 2.22. The van der Waals surface area contributed by atoms with Crippen LogP contribution in [0.4, 0.5) is 0 Å². The number of nitrogens with zero attached hydrogens (tertiary/aromatic N) is 1. The molecule has 1 aromatic carbocycles. The van der Waals surface area contributed by atoms with Gasteiger partial charge in [-0.2, -0.15) is 0 Å². The fourth-order valence-electron chi connectivity index (χ4n) is 1.97. The fourth-order valence-corrected chi connectivity index (χ4v) is 3.05. The lowest BCUT2D eigenvalue weighted by molar-refractivity contribution is -0.124. The van der Waals surface area contributed by atoms with Gasteiger partial charge in [-0.05, 0) is 37.6 Å². The third kappa shape index (κ3) is 6.16. The zero-order valence-corrected chi connectivity index (χ0v) is 16.4. The third-order valence-electron chi connectivity index (χ3n) is 3.25. The third-order valence-corrected chi connectivity index (χ3v) is 5.08. The summed E-state index contributed by atoms with van der Waals surface area (Å²) in [7, 11) is 0.538. The minimum atomic E-state index is -3.69. The second-order valence-electron chi connectivity index (χ2n) is 5.97. The first-order valence-electron chi connectivity index (χ1n) is 7.93. The summed E-state index contributed by atoms with van der Waals surface area (Å²) in [6.45, 7) is 3.51. The van der Waals surface area contributed by atoms with Crippen LogP contribution < -0.4 is 15.4 Å². The Morgan fingerprint density at radius 1 is 1.27 bits per heavy atom. The van der Waals surface area contributed by atoms with Crippen molar-refractivity contribution in [2.24, 2.45) is 0 Å². The molecule has 2 amide bonds. The van der Waals surface area contributed by atoms with Crippen molar-refractivity contribution in [3.8, 4) is 5.75 Å². The molecule has 1 aromatic rings. The van der Waals surface area contributed by atoms with E-state index >= 15 is 0 Å². The standard InChI is InChI=1S/C17H25N3O5S/c1-12(2)19-17(22)11-18-16(21)9-7-13-6-8-14(25-5)15(10-13)26(23,24)20(3)4/h6-10,12H,11H2,1-5H3,(H,18,21)(H,19,22)/b9-7+. The summed E-state index contributed by atoms with van der Waals surface area (Å²) in [6.07, 6.45) is 2.69. The Hall–Kier alpha value is -2.39. The van der Waals surface area contributed by atoms with Crippen LogP contribution in [0.25, 0.3) is 6.08 Å². The maximum Gasteiger partial charge on any atom is 0.246 e. The van der Waals surface area contributed by atoms with E-state index in [1.165, 1.54) is 45.5 Å². The van der Waals surface area contributed by atoms with Gasteiger partial charge in [-0.15, -0.1) is 0 Å². The average molecular weight is 383 g/mol. The van der Waals surface area contributed by atoms with Crippen molar-refractivity contribution in [3.05, 3.63) is 29.8 Å². The van der Waals surface area contributed by atoms with Crippen LogP contribution in [-0.4, -0.2) is 58.3 Å². The molecule has 0 saturated carbocycles. The van der Waals surface area contributed by atoms with E-state index in [0.29, 0.717) is 5.56 Å². The molecule has 144 valence electrons. The molecule has 2 N–H and O–H groups in total. The van der Waals surface area contributed by atoms with Crippen LogP contribution >= 0.6 is 0 Å². The number of sulfonamides is 1. The summed E-state index contributed by atoms with van der Waals surface area (Å²) in [5.74, 6) is -0.534. The Morgan fingerprint density at radius 2 is 1.92 bits per heavy atom. The minimum absolute atomic E-state index is 0.00358. The van der Waals surface area contributed by atoms with Gasteiger partial charge in [0.2, 0.25) is 21.8 Å². The van der Waals surface area contributed by atoms with Gasteiger partial charge >= 0.3 is 0 Å². The first-order chi connectivity index (χ1) is 12.1. The van der Waals surface area contributed by atoms with Crippen LogP contribution in [0, 0.1) is 0 Å². The van der Waals surface area contributed by atoms with Crippen molar-refractivity contribution in [3.63, 3.8) is 0 Å². The Kier molecular flexibility index (Phi) is 7.78. The number of hydrogen-bond acceptors (Lipinski definition) is 5. The van der Waals surface area contributed by atoms with Crippen molar-refractivity contribution in [2.45, 2.75) is 24.8 Å². The van der Waals surface area contributed by atoms with Gasteiger partial charge in [-0.25, -0.2) is 12.7 Å². The van der Waals surface area contributed by atoms with Crippen molar-refractivity contribution in [2.75, 3.05) is 27.7 Å². The van der Waals surface area contributed by atoms with Crippen molar-refractivity contribution >= 4 is 27.9 Å². The second kappa shape index (κ2) is 9.35. The number of amides is 2. The molecule has 0 bridgehead atoms. The molecule has 0 spiro atoms. The minimum Gasteiger partial charge on any atom is -0.495 e. The normalized spacial score (nSPS) is 11.8. The Morgan fingerprint density at radius 3 is 2.46 bits per heavy atom. The molecule has 0 aliphatic rings. The van der Waals surface area contributed by atoms with Gasteiger partial charge in [0, 0.05) is 26.2 Å². The van der Waals surface area contributed by atoms with Gasteiger partial charge in [0.15, 0.2) is 0 Å². The average Bonchev–Trinajstić information content (AvgIpc) is 2.57. The highest BCUT2D eigenvalue weighted by atomic mass is 32.2. The fraction of sp³-hybridized carbons (Fsp3) is 0.412. The molecule has 0 aromatic heterocycles. The van der Waals surface area contributed by atoms with E-state index in [4.69, 9.17) is 4.74 Å². The van der Waals surface area contributed by atoms with Gasteiger partial charge in [0.05, 0.1) is 13.7 Å². The van der Waals surface area contributed by atoms with Crippen LogP contribution in [0.5, 0.6) is 5.75 Å². The zero-order valence-electron chi connectivity index (χ0n) is 15.6. The first kappa shape index (κ1) is 21.7. The molecule has 0 aliphatic heterocycles. The summed E-state index contributed by atoms with van der Waals surface area (Å²) in [5.41, 5.74) is 0.507. The lowest BCUT2D eigenvalue weighted by Gasteiger charge is -2.15. The van der Waals surface area contributed by atoms with Crippen LogP contribution in [-0.2, 0) is 19.6 Å². The van der Waals surface area contributed by atoms with E-state index in [9.17, 15) is 18.0 Å².